The average Bonchev–Trinajstić information content (AvgIpc) is 3.58. The molecule has 6 rings (SSSR count). The molecule has 0 amide bonds. The number of hydrogen-bond acceptors (Lipinski definition) is 7. The Bertz CT molecular complexity index is 1550. The Kier molecular flexibility index (Phi) is 4.07. The summed E-state index contributed by atoms with van der Waals surface area (Å²) in [5, 5.41) is 12.5. The summed E-state index contributed by atoms with van der Waals surface area (Å²) < 4.78 is 21.5. The van der Waals surface area contributed by atoms with Gasteiger partial charge in [-0.15, -0.1) is 5.10 Å². The molecular weight excluding hydrogens is 411 g/mol. The van der Waals surface area contributed by atoms with Crippen LogP contribution in [0.15, 0.2) is 77.8 Å². The van der Waals surface area contributed by atoms with Crippen LogP contribution < -0.4 is 0 Å². The summed E-state index contributed by atoms with van der Waals surface area (Å²) in [4.78, 5) is 15.9. The second-order valence-corrected chi connectivity index (χ2v) is 6.94. The molecule has 0 unspecified atom stereocenters. The molecule has 0 aliphatic rings. The molecule has 0 spiro atoms. The Morgan fingerprint density at radius 1 is 0.969 bits per heavy atom. The number of nitrogens with zero attached hydrogens (tertiary/aromatic N) is 7. The first kappa shape index (κ1) is 18.1. The molecule has 4 heterocycles. The van der Waals surface area contributed by atoms with E-state index in [-0.39, 0.29) is 11.6 Å². The first-order valence-electron chi connectivity index (χ1n) is 9.66. The zero-order valence-electron chi connectivity index (χ0n) is 16.3. The SMILES string of the molecule is Fc1ccccc1-n1nnc(-c2nc(-c3ccc4[nH]cnc4c3)no2)c1-c1ccncc1. The molecule has 0 radical (unpaired) electrons. The van der Waals surface area contributed by atoms with Crippen molar-refractivity contribution >= 4 is 11.0 Å². The van der Waals surface area contributed by atoms with Gasteiger partial charge in [0.05, 0.1) is 17.4 Å². The number of halogens is 1. The number of rotatable bonds is 4. The number of fused-ring (bicyclic) bond motifs is 1. The van der Waals surface area contributed by atoms with Crippen molar-refractivity contribution in [3.8, 4) is 39.9 Å². The summed E-state index contributed by atoms with van der Waals surface area (Å²) in [6.07, 6.45) is 4.89. The standard InChI is InChI=1S/C22H13FN8O/c23-15-3-1-2-4-18(15)31-20(13-7-9-24-10-8-13)19(28-30-31)22-27-21(29-32-22)14-5-6-16-17(11-14)26-12-25-16/h1-12H,(H,25,26). The monoisotopic (exact) mass is 424 g/mol. The number of imidazole rings is 1. The van der Waals surface area contributed by atoms with Crippen LogP contribution in [0.3, 0.4) is 0 Å². The van der Waals surface area contributed by atoms with Crippen LogP contribution in [0, 0.1) is 5.82 Å². The first-order chi connectivity index (χ1) is 15.8. The van der Waals surface area contributed by atoms with Gasteiger partial charge in [0, 0.05) is 23.5 Å². The van der Waals surface area contributed by atoms with E-state index in [1.807, 2.05) is 18.2 Å². The number of para-hydroxylation sites is 1. The van der Waals surface area contributed by atoms with Crippen LogP contribution in [-0.2, 0) is 0 Å². The van der Waals surface area contributed by atoms with E-state index >= 15 is 0 Å². The van der Waals surface area contributed by atoms with Crippen molar-refractivity contribution in [2.45, 2.75) is 0 Å². The first-order valence-corrected chi connectivity index (χ1v) is 9.66. The molecule has 154 valence electrons. The van der Waals surface area contributed by atoms with Crippen molar-refractivity contribution in [3.63, 3.8) is 0 Å². The van der Waals surface area contributed by atoms with Crippen LogP contribution in [-0.4, -0.2) is 40.1 Å². The third-order valence-electron chi connectivity index (χ3n) is 5.01. The van der Waals surface area contributed by atoms with Crippen LogP contribution in [0.2, 0.25) is 0 Å². The number of H-pyrrole nitrogens is 1. The normalized spacial score (nSPS) is 11.3. The molecule has 9 nitrogen and oxygen atoms in total. The topological polar surface area (TPSA) is 111 Å². The quantitative estimate of drug-likeness (QED) is 0.454. The van der Waals surface area contributed by atoms with Crippen LogP contribution in [0.25, 0.3) is 51.0 Å². The number of aromatic nitrogens is 8. The van der Waals surface area contributed by atoms with Gasteiger partial charge in [0.15, 0.2) is 5.69 Å². The average molecular weight is 424 g/mol. The van der Waals surface area contributed by atoms with Gasteiger partial charge in [0.25, 0.3) is 5.89 Å². The summed E-state index contributed by atoms with van der Waals surface area (Å²) >= 11 is 0. The van der Waals surface area contributed by atoms with Crippen LogP contribution in [0.1, 0.15) is 0 Å². The highest BCUT2D eigenvalue weighted by atomic mass is 19.1. The lowest BCUT2D eigenvalue weighted by Crippen LogP contribution is -2.02. The Labute approximate surface area is 179 Å². The smallest absolute Gasteiger partial charge is 0.281 e. The van der Waals surface area contributed by atoms with Gasteiger partial charge in [0.2, 0.25) is 5.82 Å². The number of hydrogen-bond donors (Lipinski definition) is 1. The second-order valence-electron chi connectivity index (χ2n) is 6.94. The highest BCUT2D eigenvalue weighted by molar-refractivity contribution is 5.80. The lowest BCUT2D eigenvalue weighted by Gasteiger charge is -2.08. The van der Waals surface area contributed by atoms with Gasteiger partial charge in [-0.2, -0.15) is 4.98 Å². The van der Waals surface area contributed by atoms with Gasteiger partial charge in [-0.3, -0.25) is 4.98 Å². The third-order valence-corrected chi connectivity index (χ3v) is 5.01. The van der Waals surface area contributed by atoms with Gasteiger partial charge < -0.3 is 9.51 Å². The second kappa shape index (κ2) is 7.20. The van der Waals surface area contributed by atoms with Gasteiger partial charge in [0.1, 0.15) is 17.2 Å². The van der Waals surface area contributed by atoms with Gasteiger partial charge >= 0.3 is 0 Å². The largest absolute Gasteiger partial charge is 0.345 e. The molecule has 0 saturated carbocycles. The fraction of sp³-hybridized carbons (Fsp3) is 0. The predicted molar refractivity (Wildman–Crippen MR) is 113 cm³/mol. The zero-order chi connectivity index (χ0) is 21.5. The van der Waals surface area contributed by atoms with Crippen molar-refractivity contribution in [3.05, 3.63) is 79.1 Å². The van der Waals surface area contributed by atoms with Crippen molar-refractivity contribution in [1.82, 2.24) is 40.1 Å². The maximum absolute atomic E-state index is 14.5. The van der Waals surface area contributed by atoms with Crippen molar-refractivity contribution in [2.75, 3.05) is 0 Å². The summed E-state index contributed by atoms with van der Waals surface area (Å²) in [5.41, 5.74) is 4.26. The Morgan fingerprint density at radius 3 is 2.72 bits per heavy atom. The molecule has 10 heteroatoms. The fourth-order valence-corrected chi connectivity index (χ4v) is 3.49. The molecule has 0 aliphatic heterocycles. The van der Waals surface area contributed by atoms with E-state index in [0.717, 1.165) is 22.2 Å². The molecule has 0 bridgehead atoms. The molecule has 6 aromatic rings. The zero-order valence-corrected chi connectivity index (χ0v) is 16.3. The van der Waals surface area contributed by atoms with E-state index in [4.69, 9.17) is 4.52 Å². The van der Waals surface area contributed by atoms with Crippen molar-refractivity contribution in [2.24, 2.45) is 0 Å². The van der Waals surface area contributed by atoms with E-state index < -0.39 is 5.82 Å². The van der Waals surface area contributed by atoms with E-state index in [0.29, 0.717) is 17.2 Å². The predicted octanol–water partition coefficient (Wildman–Crippen LogP) is 4.06. The van der Waals surface area contributed by atoms with Crippen LogP contribution in [0.5, 0.6) is 0 Å². The van der Waals surface area contributed by atoms with Crippen molar-refractivity contribution < 1.29 is 8.91 Å². The van der Waals surface area contributed by atoms with E-state index in [9.17, 15) is 4.39 Å². The summed E-state index contributed by atoms with van der Waals surface area (Å²) in [6, 6.07) is 15.5. The van der Waals surface area contributed by atoms with Crippen molar-refractivity contribution in [1.29, 1.82) is 0 Å². The Balaban J connectivity index is 1.50. The molecule has 0 aliphatic carbocycles. The minimum absolute atomic E-state index is 0.163. The molecule has 4 aromatic heterocycles. The maximum atomic E-state index is 14.5. The van der Waals surface area contributed by atoms with E-state index in [2.05, 4.69) is 35.4 Å². The Hall–Kier alpha value is -4.73. The van der Waals surface area contributed by atoms with Gasteiger partial charge in [-0.25, -0.2) is 14.1 Å². The molecule has 32 heavy (non-hydrogen) atoms. The molecular formula is C22H13FN8O. The molecule has 1 N–H and O–H groups in total. The summed E-state index contributed by atoms with van der Waals surface area (Å²) in [6.45, 7) is 0. The van der Waals surface area contributed by atoms with Gasteiger partial charge in [-0.05, 0) is 42.5 Å². The highest BCUT2D eigenvalue weighted by Gasteiger charge is 2.24. The maximum Gasteiger partial charge on any atom is 0.281 e. The number of benzene rings is 2. The number of nitrogens with one attached hydrogen (secondary N) is 1. The molecule has 0 saturated heterocycles. The summed E-state index contributed by atoms with van der Waals surface area (Å²) in [7, 11) is 0. The van der Waals surface area contributed by atoms with Crippen LogP contribution >= 0.6 is 0 Å². The number of pyridine rings is 1. The van der Waals surface area contributed by atoms with E-state index in [1.165, 1.54) is 10.7 Å². The number of aromatic amines is 1. The third kappa shape index (κ3) is 2.93. The summed E-state index contributed by atoms with van der Waals surface area (Å²) in [5.74, 6) is 0.111. The van der Waals surface area contributed by atoms with Gasteiger partial charge in [-0.1, -0.05) is 22.5 Å². The minimum atomic E-state index is -0.433. The Morgan fingerprint density at radius 2 is 1.84 bits per heavy atom. The lowest BCUT2D eigenvalue weighted by atomic mass is 10.1. The minimum Gasteiger partial charge on any atom is -0.345 e. The fourth-order valence-electron chi connectivity index (χ4n) is 3.49. The lowest BCUT2D eigenvalue weighted by molar-refractivity contribution is 0.431. The molecule has 0 fully saturated rings. The molecule has 2 aromatic carbocycles. The van der Waals surface area contributed by atoms with Crippen LogP contribution in [0.4, 0.5) is 4.39 Å². The highest BCUT2D eigenvalue weighted by Crippen LogP contribution is 2.32. The molecule has 0 atom stereocenters. The van der Waals surface area contributed by atoms with E-state index in [1.54, 1.807) is 49.1 Å².